The molecule has 2 aliphatic rings. The third-order valence-electron chi connectivity index (χ3n) is 4.37. The normalized spacial score (nSPS) is 26.0. The molecule has 0 atom stereocenters. The lowest BCUT2D eigenvalue weighted by atomic mass is 9.78. The SMILES string of the molecule is CC1(C)CCCN1C(=O)C1(C(N)=S)CCOCC1. The molecule has 0 radical (unpaired) electrons. The van der Waals surface area contributed by atoms with Crippen LogP contribution in [0.1, 0.15) is 39.5 Å². The second-order valence-electron chi connectivity index (χ2n) is 5.93. The lowest BCUT2D eigenvalue weighted by Gasteiger charge is -2.42. The van der Waals surface area contributed by atoms with Crippen LogP contribution in [0.3, 0.4) is 0 Å². The Hall–Kier alpha value is -0.680. The van der Waals surface area contributed by atoms with Crippen LogP contribution in [0.25, 0.3) is 0 Å². The van der Waals surface area contributed by atoms with E-state index in [9.17, 15) is 4.79 Å². The number of rotatable bonds is 2. The van der Waals surface area contributed by atoms with E-state index in [4.69, 9.17) is 22.7 Å². The zero-order chi connectivity index (χ0) is 13.4. The summed E-state index contributed by atoms with van der Waals surface area (Å²) in [5.74, 6) is 0.112. The van der Waals surface area contributed by atoms with Crippen LogP contribution in [0.4, 0.5) is 0 Å². The number of likely N-dealkylation sites (tertiary alicyclic amines) is 1. The molecule has 0 aromatic rings. The number of nitrogens with two attached hydrogens (primary N) is 1. The number of thiocarbonyl (C=S) groups is 1. The Bertz CT molecular complexity index is 362. The van der Waals surface area contributed by atoms with Gasteiger partial charge in [-0.05, 0) is 39.5 Å². The third-order valence-corrected chi connectivity index (χ3v) is 4.76. The quantitative estimate of drug-likeness (QED) is 0.772. The van der Waals surface area contributed by atoms with E-state index in [0.29, 0.717) is 31.0 Å². The number of carbonyl (C=O) groups is 1. The molecule has 4 nitrogen and oxygen atoms in total. The largest absolute Gasteiger partial charge is 0.392 e. The summed E-state index contributed by atoms with van der Waals surface area (Å²) in [5.41, 5.74) is 5.14. The summed E-state index contributed by atoms with van der Waals surface area (Å²) < 4.78 is 5.35. The van der Waals surface area contributed by atoms with Gasteiger partial charge in [0.05, 0.1) is 4.99 Å². The van der Waals surface area contributed by atoms with E-state index in [1.54, 1.807) is 0 Å². The van der Waals surface area contributed by atoms with Crippen LogP contribution in [-0.2, 0) is 9.53 Å². The van der Waals surface area contributed by atoms with Crippen molar-refractivity contribution in [3.05, 3.63) is 0 Å². The average molecular weight is 270 g/mol. The van der Waals surface area contributed by atoms with E-state index < -0.39 is 5.41 Å². The first-order valence-corrected chi connectivity index (χ1v) is 7.01. The van der Waals surface area contributed by atoms with E-state index in [0.717, 1.165) is 19.4 Å². The fourth-order valence-electron chi connectivity index (χ4n) is 3.03. The van der Waals surface area contributed by atoms with Gasteiger partial charge in [0.15, 0.2) is 0 Å². The number of hydrogen-bond donors (Lipinski definition) is 1. The molecule has 2 rings (SSSR count). The fraction of sp³-hybridized carbons (Fsp3) is 0.846. The van der Waals surface area contributed by atoms with E-state index in [2.05, 4.69) is 13.8 Å². The molecular formula is C13H22N2O2S. The van der Waals surface area contributed by atoms with Gasteiger partial charge < -0.3 is 15.4 Å². The fourth-order valence-corrected chi connectivity index (χ4v) is 3.32. The molecule has 0 bridgehead atoms. The molecule has 0 aromatic carbocycles. The summed E-state index contributed by atoms with van der Waals surface area (Å²) in [5, 5.41) is 0. The number of carbonyl (C=O) groups excluding carboxylic acids is 1. The second kappa shape index (κ2) is 4.78. The van der Waals surface area contributed by atoms with Crippen molar-refractivity contribution in [3.8, 4) is 0 Å². The van der Waals surface area contributed by atoms with Gasteiger partial charge in [0.2, 0.25) is 5.91 Å². The van der Waals surface area contributed by atoms with E-state index in [1.165, 1.54) is 0 Å². The number of ether oxygens (including phenoxy) is 1. The molecule has 102 valence electrons. The van der Waals surface area contributed by atoms with Gasteiger partial charge in [0.1, 0.15) is 5.41 Å². The Morgan fingerprint density at radius 2 is 1.89 bits per heavy atom. The van der Waals surface area contributed by atoms with Crippen LogP contribution in [0, 0.1) is 5.41 Å². The first-order chi connectivity index (χ1) is 8.40. The number of hydrogen-bond acceptors (Lipinski definition) is 3. The number of nitrogens with zero attached hydrogens (tertiary/aromatic N) is 1. The molecule has 2 fully saturated rings. The minimum absolute atomic E-state index is 0.0762. The highest BCUT2D eigenvalue weighted by Crippen LogP contribution is 2.38. The highest BCUT2D eigenvalue weighted by molar-refractivity contribution is 7.80. The summed E-state index contributed by atoms with van der Waals surface area (Å²) in [6.45, 7) is 6.18. The summed E-state index contributed by atoms with van der Waals surface area (Å²) in [4.78, 5) is 15.2. The Morgan fingerprint density at radius 3 is 2.33 bits per heavy atom. The molecule has 1 amide bonds. The summed E-state index contributed by atoms with van der Waals surface area (Å²) in [6, 6.07) is 0. The van der Waals surface area contributed by atoms with Gasteiger partial charge >= 0.3 is 0 Å². The lowest BCUT2D eigenvalue weighted by molar-refractivity contribution is -0.145. The molecule has 2 saturated heterocycles. The first kappa shape index (κ1) is 13.7. The lowest BCUT2D eigenvalue weighted by Crippen LogP contribution is -2.56. The second-order valence-corrected chi connectivity index (χ2v) is 6.37. The summed E-state index contributed by atoms with van der Waals surface area (Å²) in [6.07, 6.45) is 3.34. The molecule has 0 saturated carbocycles. The zero-order valence-electron chi connectivity index (χ0n) is 11.2. The van der Waals surface area contributed by atoms with Crippen molar-refractivity contribution in [3.63, 3.8) is 0 Å². The molecule has 5 heteroatoms. The van der Waals surface area contributed by atoms with Crippen LogP contribution >= 0.6 is 12.2 Å². The molecule has 18 heavy (non-hydrogen) atoms. The highest BCUT2D eigenvalue weighted by Gasteiger charge is 2.49. The van der Waals surface area contributed by atoms with Crippen LogP contribution in [-0.4, -0.2) is 41.1 Å². The van der Waals surface area contributed by atoms with Gasteiger partial charge in [0, 0.05) is 25.3 Å². The van der Waals surface area contributed by atoms with Crippen LogP contribution < -0.4 is 5.73 Å². The van der Waals surface area contributed by atoms with Crippen molar-refractivity contribution in [2.75, 3.05) is 19.8 Å². The molecular weight excluding hydrogens is 248 g/mol. The maximum atomic E-state index is 12.9. The van der Waals surface area contributed by atoms with Gasteiger partial charge in [-0.2, -0.15) is 0 Å². The van der Waals surface area contributed by atoms with E-state index in [1.807, 2.05) is 4.90 Å². The van der Waals surface area contributed by atoms with E-state index >= 15 is 0 Å². The standard InChI is InChI=1S/C13H22N2O2S/c1-12(2)4-3-7-15(12)11(16)13(10(14)18)5-8-17-9-6-13/h3-9H2,1-2H3,(H2,14,18). The molecule has 2 heterocycles. The van der Waals surface area contributed by atoms with Crippen molar-refractivity contribution >= 4 is 23.1 Å². The van der Waals surface area contributed by atoms with Crippen molar-refractivity contribution in [2.45, 2.75) is 45.1 Å². The van der Waals surface area contributed by atoms with E-state index in [-0.39, 0.29) is 11.4 Å². The Labute approximate surface area is 114 Å². The highest BCUT2D eigenvalue weighted by atomic mass is 32.1. The van der Waals surface area contributed by atoms with Gasteiger partial charge in [-0.3, -0.25) is 4.79 Å². The summed E-state index contributed by atoms with van der Waals surface area (Å²) in [7, 11) is 0. The predicted octanol–water partition coefficient (Wildman–Crippen LogP) is 1.47. The van der Waals surface area contributed by atoms with Crippen molar-refractivity contribution in [1.82, 2.24) is 4.90 Å². The van der Waals surface area contributed by atoms with Crippen LogP contribution in [0.5, 0.6) is 0 Å². The van der Waals surface area contributed by atoms with Crippen molar-refractivity contribution in [1.29, 1.82) is 0 Å². The molecule has 2 aliphatic heterocycles. The maximum absolute atomic E-state index is 12.9. The smallest absolute Gasteiger partial charge is 0.236 e. The summed E-state index contributed by atoms with van der Waals surface area (Å²) >= 11 is 5.19. The average Bonchev–Trinajstić information content (AvgIpc) is 2.68. The third kappa shape index (κ3) is 2.14. The van der Waals surface area contributed by atoms with Gasteiger partial charge in [-0.1, -0.05) is 12.2 Å². The monoisotopic (exact) mass is 270 g/mol. The minimum atomic E-state index is -0.671. The minimum Gasteiger partial charge on any atom is -0.392 e. The Balaban J connectivity index is 2.26. The predicted molar refractivity (Wildman–Crippen MR) is 74.3 cm³/mol. The van der Waals surface area contributed by atoms with Crippen LogP contribution in [0.15, 0.2) is 0 Å². The zero-order valence-corrected chi connectivity index (χ0v) is 12.0. The Morgan fingerprint density at radius 1 is 1.28 bits per heavy atom. The van der Waals surface area contributed by atoms with Gasteiger partial charge in [-0.15, -0.1) is 0 Å². The molecule has 0 unspecified atom stereocenters. The van der Waals surface area contributed by atoms with Crippen LogP contribution in [0.2, 0.25) is 0 Å². The van der Waals surface area contributed by atoms with Crippen molar-refractivity contribution < 1.29 is 9.53 Å². The topological polar surface area (TPSA) is 55.6 Å². The van der Waals surface area contributed by atoms with Gasteiger partial charge in [0.25, 0.3) is 0 Å². The molecule has 0 aliphatic carbocycles. The van der Waals surface area contributed by atoms with Crippen molar-refractivity contribution in [2.24, 2.45) is 11.1 Å². The molecule has 0 aromatic heterocycles. The first-order valence-electron chi connectivity index (χ1n) is 6.60. The van der Waals surface area contributed by atoms with Gasteiger partial charge in [-0.25, -0.2) is 0 Å². The Kier molecular flexibility index (Phi) is 3.65. The number of amides is 1. The molecule has 0 spiro atoms. The maximum Gasteiger partial charge on any atom is 0.236 e. The molecule has 2 N–H and O–H groups in total.